The molecule has 1 aromatic rings. The van der Waals surface area contributed by atoms with E-state index in [1.165, 1.54) is 6.07 Å². The van der Waals surface area contributed by atoms with Crippen LogP contribution in [0.3, 0.4) is 0 Å². The lowest BCUT2D eigenvalue weighted by Gasteiger charge is -2.36. The zero-order chi connectivity index (χ0) is 14.5. The van der Waals surface area contributed by atoms with Crippen molar-refractivity contribution in [1.82, 2.24) is 5.32 Å². The van der Waals surface area contributed by atoms with Crippen molar-refractivity contribution in [3.05, 3.63) is 34.1 Å². The van der Waals surface area contributed by atoms with Crippen molar-refractivity contribution in [2.45, 2.75) is 45.3 Å². The molecule has 19 heavy (non-hydrogen) atoms. The van der Waals surface area contributed by atoms with Crippen molar-refractivity contribution in [3.63, 3.8) is 0 Å². The first-order valence-corrected chi connectivity index (χ1v) is 7.48. The molecular formula is C15H23BrFNO. The smallest absolute Gasteiger partial charge is 0.127 e. The second kappa shape index (κ2) is 7.36. The fraction of sp³-hybridized carbons (Fsp3) is 0.600. The summed E-state index contributed by atoms with van der Waals surface area (Å²) in [5, 5.41) is 3.41. The molecule has 1 rings (SSSR count). The summed E-state index contributed by atoms with van der Waals surface area (Å²) in [7, 11) is 1.71. The van der Waals surface area contributed by atoms with Crippen LogP contribution < -0.4 is 5.32 Å². The van der Waals surface area contributed by atoms with Crippen LogP contribution in [0.1, 0.15) is 32.8 Å². The zero-order valence-corrected chi connectivity index (χ0v) is 13.7. The van der Waals surface area contributed by atoms with Crippen LogP contribution in [0.4, 0.5) is 4.39 Å². The fourth-order valence-corrected chi connectivity index (χ4v) is 2.52. The van der Waals surface area contributed by atoms with Gasteiger partial charge in [0.05, 0.1) is 5.60 Å². The van der Waals surface area contributed by atoms with E-state index in [9.17, 15) is 4.39 Å². The second-order valence-corrected chi connectivity index (χ2v) is 5.84. The summed E-state index contributed by atoms with van der Waals surface area (Å²) in [6.45, 7) is 7.04. The average Bonchev–Trinajstić information content (AvgIpc) is 2.40. The predicted molar refractivity (Wildman–Crippen MR) is 81.0 cm³/mol. The van der Waals surface area contributed by atoms with Crippen molar-refractivity contribution in [1.29, 1.82) is 0 Å². The molecule has 0 radical (unpaired) electrons. The van der Waals surface area contributed by atoms with Gasteiger partial charge in [0.15, 0.2) is 0 Å². The lowest BCUT2D eigenvalue weighted by atomic mass is 9.88. The lowest BCUT2D eigenvalue weighted by molar-refractivity contribution is -0.0285. The number of benzene rings is 1. The number of methoxy groups -OCH3 is 1. The van der Waals surface area contributed by atoms with E-state index < -0.39 is 0 Å². The van der Waals surface area contributed by atoms with Crippen molar-refractivity contribution < 1.29 is 9.13 Å². The van der Waals surface area contributed by atoms with E-state index in [1.807, 2.05) is 12.1 Å². The molecule has 1 N–H and O–H groups in total. The number of halogens is 2. The molecule has 0 heterocycles. The van der Waals surface area contributed by atoms with Gasteiger partial charge in [-0.15, -0.1) is 0 Å². The van der Waals surface area contributed by atoms with E-state index in [0.717, 1.165) is 17.4 Å². The molecule has 2 atom stereocenters. The Hall–Kier alpha value is -0.450. The van der Waals surface area contributed by atoms with Crippen molar-refractivity contribution in [2.75, 3.05) is 13.7 Å². The lowest BCUT2D eigenvalue weighted by Crippen LogP contribution is -2.51. The quantitative estimate of drug-likeness (QED) is 0.817. The summed E-state index contributed by atoms with van der Waals surface area (Å²) < 4.78 is 20.4. The maximum Gasteiger partial charge on any atom is 0.127 e. The Bertz CT molecular complexity index is 407. The number of hydrogen-bond acceptors (Lipinski definition) is 2. The highest BCUT2D eigenvalue weighted by Gasteiger charge is 2.32. The Morgan fingerprint density at radius 3 is 2.58 bits per heavy atom. The second-order valence-electron chi connectivity index (χ2n) is 4.92. The minimum Gasteiger partial charge on any atom is -0.377 e. The minimum atomic E-state index is -0.296. The summed E-state index contributed by atoms with van der Waals surface area (Å²) in [5.41, 5.74) is 0.418. The molecule has 0 aliphatic carbocycles. The first kappa shape index (κ1) is 16.6. The Kier molecular flexibility index (Phi) is 6.43. The summed E-state index contributed by atoms with van der Waals surface area (Å²) in [4.78, 5) is 0. The van der Waals surface area contributed by atoms with E-state index in [2.05, 4.69) is 42.0 Å². The van der Waals surface area contributed by atoms with Gasteiger partial charge in [0.2, 0.25) is 0 Å². The summed E-state index contributed by atoms with van der Waals surface area (Å²) in [6, 6.07) is 5.30. The van der Waals surface area contributed by atoms with Gasteiger partial charge < -0.3 is 10.1 Å². The van der Waals surface area contributed by atoms with Crippen molar-refractivity contribution in [3.8, 4) is 0 Å². The molecule has 0 spiro atoms. The fourth-order valence-electron chi connectivity index (χ4n) is 2.19. The minimum absolute atomic E-state index is 0.0863. The Balaban J connectivity index is 2.95. The standard InChI is InChI=1S/C15H23BrFNO/c1-5-15(3,19-4)14(18-6-2)9-11-7-8-12(16)10-13(11)17/h7-8,10,14,18H,5-6,9H2,1-4H3. The van der Waals surface area contributed by atoms with Crippen molar-refractivity contribution >= 4 is 15.9 Å². The highest BCUT2D eigenvalue weighted by Crippen LogP contribution is 2.24. The molecule has 2 nitrogen and oxygen atoms in total. The van der Waals surface area contributed by atoms with Crippen LogP contribution >= 0.6 is 15.9 Å². The molecule has 0 amide bonds. The van der Waals surface area contributed by atoms with Gasteiger partial charge in [0.25, 0.3) is 0 Å². The molecule has 2 unspecified atom stereocenters. The number of ether oxygens (including phenoxy) is 1. The summed E-state index contributed by atoms with van der Waals surface area (Å²) in [6.07, 6.45) is 1.49. The predicted octanol–water partition coefficient (Wildman–Crippen LogP) is 3.92. The number of likely N-dealkylation sites (N-methyl/N-ethyl adjacent to an activating group) is 1. The average molecular weight is 332 g/mol. The molecule has 1 aromatic carbocycles. The summed E-state index contributed by atoms with van der Waals surface area (Å²) in [5.74, 6) is -0.174. The van der Waals surface area contributed by atoms with Gasteiger partial charge in [-0.25, -0.2) is 4.39 Å². The highest BCUT2D eigenvalue weighted by molar-refractivity contribution is 9.10. The van der Waals surface area contributed by atoms with Gasteiger partial charge in [0, 0.05) is 17.6 Å². The van der Waals surface area contributed by atoms with Gasteiger partial charge in [-0.2, -0.15) is 0 Å². The third kappa shape index (κ3) is 4.26. The van der Waals surface area contributed by atoms with Gasteiger partial charge in [-0.3, -0.25) is 0 Å². The molecule has 0 saturated heterocycles. The summed E-state index contributed by atoms with van der Waals surface area (Å²) >= 11 is 3.28. The zero-order valence-electron chi connectivity index (χ0n) is 12.1. The molecule has 0 bridgehead atoms. The van der Waals surface area contributed by atoms with E-state index >= 15 is 0 Å². The van der Waals surface area contributed by atoms with Gasteiger partial charge in [-0.1, -0.05) is 35.8 Å². The molecular weight excluding hydrogens is 309 g/mol. The molecule has 0 aliphatic heterocycles. The molecule has 0 aromatic heterocycles. The molecule has 0 saturated carbocycles. The third-order valence-corrected chi connectivity index (χ3v) is 4.29. The topological polar surface area (TPSA) is 21.3 Å². The third-order valence-electron chi connectivity index (χ3n) is 3.80. The molecule has 4 heteroatoms. The van der Waals surface area contributed by atoms with Crippen LogP contribution in [0.5, 0.6) is 0 Å². The van der Waals surface area contributed by atoms with Gasteiger partial charge in [0.1, 0.15) is 5.82 Å². The van der Waals surface area contributed by atoms with Crippen LogP contribution in [-0.4, -0.2) is 25.3 Å². The number of nitrogens with one attached hydrogen (secondary N) is 1. The van der Waals surface area contributed by atoms with E-state index in [-0.39, 0.29) is 17.5 Å². The normalized spacial score (nSPS) is 16.1. The Labute approximate surface area is 123 Å². The van der Waals surface area contributed by atoms with E-state index in [4.69, 9.17) is 4.74 Å². The van der Waals surface area contributed by atoms with Crippen LogP contribution in [-0.2, 0) is 11.2 Å². The monoisotopic (exact) mass is 331 g/mol. The first-order chi connectivity index (χ1) is 8.96. The van der Waals surface area contributed by atoms with Crippen LogP contribution in [0.2, 0.25) is 0 Å². The van der Waals surface area contributed by atoms with E-state index in [0.29, 0.717) is 12.0 Å². The van der Waals surface area contributed by atoms with Crippen LogP contribution in [0, 0.1) is 5.82 Å². The SMILES string of the molecule is CCNC(Cc1ccc(Br)cc1F)C(C)(CC)OC. The van der Waals surface area contributed by atoms with Crippen LogP contribution in [0.25, 0.3) is 0 Å². The maximum absolute atomic E-state index is 13.9. The molecule has 0 fully saturated rings. The van der Waals surface area contributed by atoms with Gasteiger partial charge in [-0.05, 0) is 44.0 Å². The Morgan fingerprint density at radius 2 is 2.11 bits per heavy atom. The maximum atomic E-state index is 13.9. The van der Waals surface area contributed by atoms with Gasteiger partial charge >= 0.3 is 0 Å². The highest BCUT2D eigenvalue weighted by atomic mass is 79.9. The first-order valence-electron chi connectivity index (χ1n) is 6.69. The van der Waals surface area contributed by atoms with E-state index in [1.54, 1.807) is 7.11 Å². The molecule has 0 aliphatic rings. The number of hydrogen-bond donors (Lipinski definition) is 1. The Morgan fingerprint density at radius 1 is 1.42 bits per heavy atom. The van der Waals surface area contributed by atoms with Crippen LogP contribution in [0.15, 0.2) is 22.7 Å². The largest absolute Gasteiger partial charge is 0.377 e. The number of rotatable bonds is 7. The molecule has 108 valence electrons. The van der Waals surface area contributed by atoms with Crippen molar-refractivity contribution in [2.24, 2.45) is 0 Å².